The fourth-order valence-corrected chi connectivity index (χ4v) is 3.91. The second-order valence-electron chi connectivity index (χ2n) is 7.42. The van der Waals surface area contributed by atoms with Crippen LogP contribution in [0.5, 0.6) is 0 Å². The predicted molar refractivity (Wildman–Crippen MR) is 88.3 cm³/mol. The minimum atomic E-state index is 0.713. The zero-order valence-electron chi connectivity index (χ0n) is 13.8. The van der Waals surface area contributed by atoms with E-state index in [9.17, 15) is 0 Å². The molecule has 0 N–H and O–H groups in total. The van der Waals surface area contributed by atoms with Crippen molar-refractivity contribution in [2.45, 2.75) is 32.2 Å². The van der Waals surface area contributed by atoms with Gasteiger partial charge in [-0.05, 0) is 43.9 Å². The third-order valence-electron chi connectivity index (χ3n) is 5.63. The molecule has 0 bridgehead atoms. The summed E-state index contributed by atoms with van der Waals surface area (Å²) in [6.45, 7) is 9.40. The number of aryl methyl sites for hydroxylation is 1. The van der Waals surface area contributed by atoms with E-state index < -0.39 is 0 Å². The maximum Gasteiger partial charge on any atom is 0.151 e. The molecule has 1 unspecified atom stereocenters. The van der Waals surface area contributed by atoms with Crippen molar-refractivity contribution in [3.05, 3.63) is 17.3 Å². The van der Waals surface area contributed by atoms with Gasteiger partial charge in [-0.1, -0.05) is 6.92 Å². The zero-order chi connectivity index (χ0) is 15.1. The molecule has 0 amide bonds. The van der Waals surface area contributed by atoms with Gasteiger partial charge in [0.1, 0.15) is 0 Å². The Morgan fingerprint density at radius 2 is 1.86 bits per heavy atom. The van der Waals surface area contributed by atoms with Gasteiger partial charge < -0.3 is 9.80 Å². The van der Waals surface area contributed by atoms with Gasteiger partial charge in [-0.15, -0.1) is 5.10 Å². The van der Waals surface area contributed by atoms with Crippen molar-refractivity contribution in [2.24, 2.45) is 5.92 Å². The lowest BCUT2D eigenvalue weighted by Crippen LogP contribution is -2.63. The van der Waals surface area contributed by atoms with Crippen LogP contribution >= 0.6 is 0 Å². The smallest absolute Gasteiger partial charge is 0.151 e. The highest BCUT2D eigenvalue weighted by atomic mass is 15.4. The van der Waals surface area contributed by atoms with Crippen LogP contribution in [0.15, 0.2) is 6.07 Å². The number of hydrogen-bond acceptors (Lipinski definition) is 5. The Morgan fingerprint density at radius 1 is 1.09 bits per heavy atom. The summed E-state index contributed by atoms with van der Waals surface area (Å²) < 4.78 is 0. The molecule has 5 heteroatoms. The standard InChI is InChI=1S/C17H27N5/c1-13-3-4-16-14(9-13)10-17(19-18-16)22-11-15(12-22)21-7-5-20(2)6-8-21/h10,13,15H,3-9,11-12H2,1-2H3. The first kappa shape index (κ1) is 14.4. The fourth-order valence-electron chi connectivity index (χ4n) is 3.91. The molecule has 5 nitrogen and oxygen atoms in total. The van der Waals surface area contributed by atoms with E-state index in [-0.39, 0.29) is 0 Å². The third-order valence-corrected chi connectivity index (χ3v) is 5.63. The normalized spacial score (nSPS) is 27.5. The fraction of sp³-hybridized carbons (Fsp3) is 0.765. The minimum absolute atomic E-state index is 0.713. The highest BCUT2D eigenvalue weighted by Gasteiger charge is 2.34. The molecular weight excluding hydrogens is 274 g/mol. The van der Waals surface area contributed by atoms with Crippen molar-refractivity contribution in [1.29, 1.82) is 0 Å². The topological polar surface area (TPSA) is 35.5 Å². The summed E-state index contributed by atoms with van der Waals surface area (Å²) in [5, 5.41) is 8.97. The summed E-state index contributed by atoms with van der Waals surface area (Å²) in [6.07, 6.45) is 3.54. The van der Waals surface area contributed by atoms with Crippen LogP contribution in [0.3, 0.4) is 0 Å². The molecule has 3 aliphatic rings. The summed E-state index contributed by atoms with van der Waals surface area (Å²) in [5.74, 6) is 1.89. The number of likely N-dealkylation sites (N-methyl/N-ethyl adjacent to an activating group) is 1. The Bertz CT molecular complexity index is 532. The van der Waals surface area contributed by atoms with Gasteiger partial charge in [0, 0.05) is 45.3 Å². The largest absolute Gasteiger partial charge is 0.352 e. The summed E-state index contributed by atoms with van der Waals surface area (Å²) in [5.41, 5.74) is 2.67. The molecule has 1 aliphatic carbocycles. The van der Waals surface area contributed by atoms with Gasteiger partial charge in [0.05, 0.1) is 5.69 Å². The van der Waals surface area contributed by atoms with E-state index in [4.69, 9.17) is 0 Å². The van der Waals surface area contributed by atoms with Crippen molar-refractivity contribution >= 4 is 5.82 Å². The molecule has 1 aromatic heterocycles. The van der Waals surface area contributed by atoms with Gasteiger partial charge in [0.25, 0.3) is 0 Å². The molecule has 1 atom stereocenters. The van der Waals surface area contributed by atoms with Crippen LogP contribution < -0.4 is 4.90 Å². The first-order valence-electron chi connectivity index (χ1n) is 8.72. The number of rotatable bonds is 2. The number of hydrogen-bond donors (Lipinski definition) is 0. The summed E-state index contributed by atoms with van der Waals surface area (Å²) in [7, 11) is 2.22. The van der Waals surface area contributed by atoms with Crippen LogP contribution in [0.4, 0.5) is 5.82 Å². The molecule has 120 valence electrons. The van der Waals surface area contributed by atoms with Gasteiger partial charge in [-0.2, -0.15) is 5.10 Å². The Labute approximate surface area is 133 Å². The monoisotopic (exact) mass is 301 g/mol. The van der Waals surface area contributed by atoms with E-state index in [0.29, 0.717) is 6.04 Å². The lowest BCUT2D eigenvalue weighted by molar-refractivity contribution is 0.0960. The first-order chi connectivity index (χ1) is 10.7. The van der Waals surface area contributed by atoms with Gasteiger partial charge in [0.2, 0.25) is 0 Å². The van der Waals surface area contributed by atoms with Gasteiger partial charge in [-0.25, -0.2) is 0 Å². The van der Waals surface area contributed by atoms with E-state index in [1.165, 1.54) is 50.3 Å². The number of aromatic nitrogens is 2. The SMILES string of the molecule is CC1CCc2nnc(N3CC(N4CCN(C)CC4)C3)cc2C1. The molecule has 0 spiro atoms. The molecule has 0 radical (unpaired) electrons. The lowest BCUT2D eigenvalue weighted by Gasteiger charge is -2.48. The molecule has 2 aliphatic heterocycles. The summed E-state index contributed by atoms with van der Waals surface area (Å²) in [6, 6.07) is 3.02. The maximum absolute atomic E-state index is 4.49. The second-order valence-corrected chi connectivity index (χ2v) is 7.42. The minimum Gasteiger partial charge on any atom is -0.352 e. The van der Waals surface area contributed by atoms with E-state index in [2.05, 4.69) is 44.9 Å². The van der Waals surface area contributed by atoms with Crippen molar-refractivity contribution in [3.8, 4) is 0 Å². The molecule has 0 saturated carbocycles. The number of nitrogens with zero attached hydrogens (tertiary/aromatic N) is 5. The zero-order valence-corrected chi connectivity index (χ0v) is 13.8. The van der Waals surface area contributed by atoms with E-state index >= 15 is 0 Å². The molecule has 2 saturated heterocycles. The third kappa shape index (κ3) is 2.72. The Hall–Kier alpha value is -1.20. The Kier molecular flexibility index (Phi) is 3.78. The summed E-state index contributed by atoms with van der Waals surface area (Å²) in [4.78, 5) is 7.46. The molecular formula is C17H27N5. The summed E-state index contributed by atoms with van der Waals surface area (Å²) >= 11 is 0. The van der Waals surface area contributed by atoms with Gasteiger partial charge >= 0.3 is 0 Å². The van der Waals surface area contributed by atoms with Crippen molar-refractivity contribution < 1.29 is 0 Å². The highest BCUT2D eigenvalue weighted by Crippen LogP contribution is 2.28. The second kappa shape index (κ2) is 5.78. The van der Waals surface area contributed by atoms with Crippen molar-refractivity contribution in [2.75, 3.05) is 51.2 Å². The van der Waals surface area contributed by atoms with Gasteiger partial charge in [0.15, 0.2) is 5.82 Å². The van der Waals surface area contributed by atoms with Crippen LogP contribution in [0.2, 0.25) is 0 Å². The molecule has 2 fully saturated rings. The van der Waals surface area contributed by atoms with E-state index in [0.717, 1.165) is 31.2 Å². The van der Waals surface area contributed by atoms with Crippen molar-refractivity contribution in [1.82, 2.24) is 20.0 Å². The number of piperazine rings is 1. The average Bonchev–Trinajstić information content (AvgIpc) is 2.47. The number of fused-ring (bicyclic) bond motifs is 1. The predicted octanol–water partition coefficient (Wildman–Crippen LogP) is 1.04. The first-order valence-corrected chi connectivity index (χ1v) is 8.72. The van der Waals surface area contributed by atoms with Crippen LogP contribution in [0, 0.1) is 5.92 Å². The van der Waals surface area contributed by atoms with Crippen LogP contribution in [0.25, 0.3) is 0 Å². The average molecular weight is 301 g/mol. The van der Waals surface area contributed by atoms with Crippen LogP contribution in [-0.2, 0) is 12.8 Å². The van der Waals surface area contributed by atoms with Crippen LogP contribution in [-0.4, -0.2) is 72.4 Å². The van der Waals surface area contributed by atoms with E-state index in [1.54, 1.807) is 0 Å². The molecule has 3 heterocycles. The van der Waals surface area contributed by atoms with Crippen LogP contribution in [0.1, 0.15) is 24.6 Å². The molecule has 0 aromatic carbocycles. The Balaban J connectivity index is 1.38. The molecule has 22 heavy (non-hydrogen) atoms. The Morgan fingerprint density at radius 3 is 2.64 bits per heavy atom. The van der Waals surface area contributed by atoms with E-state index in [1.807, 2.05) is 0 Å². The van der Waals surface area contributed by atoms with Crippen molar-refractivity contribution in [3.63, 3.8) is 0 Å². The maximum atomic E-state index is 4.49. The number of anilines is 1. The van der Waals surface area contributed by atoms with Gasteiger partial charge in [-0.3, -0.25) is 4.90 Å². The highest BCUT2D eigenvalue weighted by molar-refractivity contribution is 5.45. The quantitative estimate of drug-likeness (QED) is 0.815. The molecule has 4 rings (SSSR count). The lowest BCUT2D eigenvalue weighted by atomic mass is 9.88. The molecule has 1 aromatic rings.